The number of hydrogen-bond donors (Lipinski definition) is 17. The molecule has 1 aliphatic rings. The van der Waals surface area contributed by atoms with Crippen molar-refractivity contribution < 1.29 is 72.2 Å². The molecule has 1 fully saturated rings. The van der Waals surface area contributed by atoms with Gasteiger partial charge in [-0.1, -0.05) is 105 Å². The monoisotopic (exact) mass is 1370 g/mol. The Kier molecular flexibility index (Phi) is 33.2. The lowest BCUT2D eigenvalue weighted by Gasteiger charge is -2.31. The molecule has 0 saturated carbocycles. The number of primary amides is 4. The van der Waals surface area contributed by atoms with E-state index in [1.54, 1.807) is 105 Å². The molecule has 3 aromatic carbocycles. The van der Waals surface area contributed by atoms with E-state index in [-0.39, 0.29) is 95.6 Å². The van der Waals surface area contributed by atoms with Crippen molar-refractivity contribution in [3.63, 3.8) is 0 Å². The third-order valence-corrected chi connectivity index (χ3v) is 15.7. The molecule has 11 atom stereocenters. The van der Waals surface area contributed by atoms with Crippen LogP contribution in [0.25, 0.3) is 0 Å². The second-order valence-electron chi connectivity index (χ2n) is 24.3. The quantitative estimate of drug-likeness (QED) is 0.0143. The van der Waals surface area contributed by atoms with Crippen molar-refractivity contribution >= 4 is 88.7 Å². The van der Waals surface area contributed by atoms with Gasteiger partial charge in [0.25, 0.3) is 0 Å². The van der Waals surface area contributed by atoms with E-state index in [9.17, 15) is 72.2 Å². The fourth-order valence-corrected chi connectivity index (χ4v) is 10.5. The number of carbonyl (C=O) groups excluding carboxylic acids is 14. The molecule has 534 valence electrons. The highest BCUT2D eigenvalue weighted by atomic mass is 16.3. The molecular weight excluding hydrogens is 1270 g/mol. The number of benzene rings is 3. The lowest BCUT2D eigenvalue weighted by molar-refractivity contribution is -0.143. The van der Waals surface area contributed by atoms with Crippen molar-refractivity contribution in [2.75, 3.05) is 19.7 Å². The number of guanidine groups is 1. The summed E-state index contributed by atoms with van der Waals surface area (Å²) in [6.45, 7) is 4.00. The van der Waals surface area contributed by atoms with Crippen LogP contribution in [-0.2, 0) is 86.4 Å². The predicted octanol–water partition coefficient (Wildman–Crippen LogP) is -5.21. The average molecular weight is 1370 g/mol. The molecule has 1 aliphatic heterocycles. The molecule has 98 heavy (non-hydrogen) atoms. The number of amides is 14. The number of hydrogen-bond acceptors (Lipinski definition) is 17. The van der Waals surface area contributed by atoms with Gasteiger partial charge in [0, 0.05) is 51.6 Å². The van der Waals surface area contributed by atoms with Crippen LogP contribution < -0.4 is 88.0 Å². The Morgan fingerprint density at radius 3 is 1.31 bits per heavy atom. The summed E-state index contributed by atoms with van der Waals surface area (Å²) in [7, 11) is 0. The van der Waals surface area contributed by atoms with Gasteiger partial charge in [0.15, 0.2) is 5.96 Å². The third kappa shape index (κ3) is 28.0. The summed E-state index contributed by atoms with van der Waals surface area (Å²) in [5, 5.41) is 32.6. The number of rotatable bonds is 42. The van der Waals surface area contributed by atoms with Crippen molar-refractivity contribution in [3.8, 4) is 0 Å². The lowest BCUT2D eigenvalue weighted by Crippen LogP contribution is -2.61. The average Bonchev–Trinajstić information content (AvgIpc) is 1.59. The standard InChI is InChI=1S/C65H94N18O15/c1-36(2)31-47(81-62(96)48(33-39-17-9-5-10-18-39)80-55(89)37(3)74-57(91)43(23-26-51(67)85)75-56(90)41(66)35-84)60(94)82-49(34-40-19-11-6-12-20-40)61(95)78-45(25-28-53(69)87)64(98)83-30-14-22-50(83)63(97)77-44(24-27-52(68)86)59(93)76-42(21-13-29-73-65(71)72)58(92)79-46(54(70)88)32-38-15-7-4-8-16-38/h4-12,15-20,36-37,41-50,84H,13-14,21-35,66H2,1-3H3,(H2,67,85)(H2,68,86)(H2,69,87)(H2,70,88)(H,74,91)(H,75,90)(H,76,93)(H,77,97)(H,78,95)(H,79,92)(H,80,89)(H,81,96)(H,82,94)(H4,71,72,73)/t37-,41-,42+,43-,44-,45+,46-,47-,48-,49-,50+/m1/s1. The first-order chi connectivity index (χ1) is 46.5. The van der Waals surface area contributed by atoms with Crippen molar-refractivity contribution in [2.24, 2.45) is 51.0 Å². The van der Waals surface area contributed by atoms with Gasteiger partial charge in [-0.05, 0) is 80.9 Å². The lowest BCUT2D eigenvalue weighted by atomic mass is 9.99. The normalized spacial score (nSPS) is 15.6. The highest BCUT2D eigenvalue weighted by Gasteiger charge is 2.41. The summed E-state index contributed by atoms with van der Waals surface area (Å²) in [5.74, 6) is -12.9. The Balaban J connectivity index is 1.61. The maximum absolute atomic E-state index is 14.9. The van der Waals surface area contributed by atoms with Crippen LogP contribution in [0.2, 0.25) is 0 Å². The van der Waals surface area contributed by atoms with Crippen LogP contribution in [0.15, 0.2) is 96.0 Å². The highest BCUT2D eigenvalue weighted by molar-refractivity contribution is 6.00. The summed E-state index contributed by atoms with van der Waals surface area (Å²) < 4.78 is 0. The van der Waals surface area contributed by atoms with E-state index < -0.39 is 175 Å². The number of aliphatic hydroxyl groups excluding tert-OH is 1. The van der Waals surface area contributed by atoms with Gasteiger partial charge in [0.1, 0.15) is 66.5 Å². The van der Waals surface area contributed by atoms with Gasteiger partial charge < -0.3 is 98.0 Å². The van der Waals surface area contributed by atoms with Crippen molar-refractivity contribution in [2.45, 2.75) is 177 Å². The number of nitrogens with two attached hydrogens (primary N) is 7. The van der Waals surface area contributed by atoms with Gasteiger partial charge in [-0.15, -0.1) is 0 Å². The molecule has 1 saturated heterocycles. The van der Waals surface area contributed by atoms with E-state index in [4.69, 9.17) is 40.1 Å². The molecule has 3 aromatic rings. The van der Waals surface area contributed by atoms with Crippen LogP contribution in [0.4, 0.5) is 0 Å². The second kappa shape index (κ2) is 40.7. The first kappa shape index (κ1) is 79.9. The number of nitrogens with zero attached hydrogens (tertiary/aromatic N) is 2. The second-order valence-corrected chi connectivity index (χ2v) is 24.3. The van der Waals surface area contributed by atoms with Crippen molar-refractivity contribution in [1.29, 1.82) is 0 Å². The summed E-state index contributed by atoms with van der Waals surface area (Å²) in [5.41, 5.74) is 40.4. The fraction of sp³-hybridized carbons (Fsp3) is 0.492. The molecule has 33 heteroatoms. The Morgan fingerprint density at radius 2 is 0.847 bits per heavy atom. The largest absolute Gasteiger partial charge is 0.394 e. The minimum absolute atomic E-state index is 0.00165. The summed E-state index contributed by atoms with van der Waals surface area (Å²) in [6.07, 6.45) is -2.41. The number of carbonyl (C=O) groups is 14. The zero-order valence-corrected chi connectivity index (χ0v) is 55.2. The van der Waals surface area contributed by atoms with E-state index >= 15 is 0 Å². The molecular formula is C65H94N18O15. The Bertz CT molecular complexity index is 3270. The zero-order chi connectivity index (χ0) is 72.6. The van der Waals surface area contributed by atoms with Gasteiger partial charge in [-0.3, -0.25) is 72.1 Å². The van der Waals surface area contributed by atoms with Crippen LogP contribution in [0.1, 0.15) is 108 Å². The minimum Gasteiger partial charge on any atom is -0.394 e. The van der Waals surface area contributed by atoms with Gasteiger partial charge in [-0.25, -0.2) is 0 Å². The van der Waals surface area contributed by atoms with E-state index in [0.717, 1.165) is 4.90 Å². The molecule has 14 amide bonds. The van der Waals surface area contributed by atoms with E-state index in [2.05, 4.69) is 52.8 Å². The summed E-state index contributed by atoms with van der Waals surface area (Å²) in [6, 6.07) is 9.86. The first-order valence-electron chi connectivity index (χ1n) is 32.2. The molecule has 0 radical (unpaired) electrons. The van der Waals surface area contributed by atoms with Gasteiger partial charge in [-0.2, -0.15) is 0 Å². The van der Waals surface area contributed by atoms with Crippen LogP contribution in [0.5, 0.6) is 0 Å². The van der Waals surface area contributed by atoms with Crippen molar-refractivity contribution in [1.82, 2.24) is 52.8 Å². The molecule has 1 heterocycles. The number of aliphatic imine (C=N–C) groups is 1. The van der Waals surface area contributed by atoms with Crippen LogP contribution in [0.3, 0.4) is 0 Å². The highest BCUT2D eigenvalue weighted by Crippen LogP contribution is 2.21. The maximum atomic E-state index is 14.9. The van der Waals surface area contributed by atoms with E-state index in [1.807, 2.05) is 0 Å². The molecule has 33 nitrogen and oxygen atoms in total. The number of nitrogens with one attached hydrogen (secondary N) is 9. The molecule has 0 spiro atoms. The molecule has 24 N–H and O–H groups in total. The Hall–Kier alpha value is -10.6. The molecule has 4 rings (SSSR count). The summed E-state index contributed by atoms with van der Waals surface area (Å²) in [4.78, 5) is 195. The fourth-order valence-electron chi connectivity index (χ4n) is 10.5. The van der Waals surface area contributed by atoms with Crippen LogP contribution in [-0.4, -0.2) is 185 Å². The predicted molar refractivity (Wildman–Crippen MR) is 357 cm³/mol. The SMILES string of the molecule is CC(C)C[C@@H](NC(=O)[C@@H](Cc1ccccc1)NC(=O)[C@@H](C)NC(=O)[C@@H](CCC(N)=O)NC(=O)[C@H](N)CO)C(=O)N[C@H](Cc1ccccc1)C(=O)N[C@@H](CCC(N)=O)C(=O)N1CCC[C@H]1C(=O)N[C@H](CCC(N)=O)C(=O)N[C@@H](CCCN=C(N)N)C(=O)N[C@H](Cc1ccccc1)C(N)=O. The molecule has 0 unspecified atom stereocenters. The Morgan fingerprint density at radius 1 is 0.469 bits per heavy atom. The number of likely N-dealkylation sites (tertiary alicyclic amines) is 1. The van der Waals surface area contributed by atoms with Crippen molar-refractivity contribution in [3.05, 3.63) is 108 Å². The topological polar surface area (TPSA) is 565 Å². The van der Waals surface area contributed by atoms with Gasteiger partial charge in [0.05, 0.1) is 6.61 Å². The third-order valence-electron chi connectivity index (χ3n) is 15.7. The zero-order valence-electron chi connectivity index (χ0n) is 55.2. The van der Waals surface area contributed by atoms with Crippen LogP contribution >= 0.6 is 0 Å². The summed E-state index contributed by atoms with van der Waals surface area (Å²) >= 11 is 0. The smallest absolute Gasteiger partial charge is 0.245 e. The maximum Gasteiger partial charge on any atom is 0.245 e. The van der Waals surface area contributed by atoms with Gasteiger partial charge in [0.2, 0.25) is 82.7 Å². The minimum atomic E-state index is -1.58. The first-order valence-corrected chi connectivity index (χ1v) is 32.2. The molecule has 0 aliphatic carbocycles. The number of aliphatic hydroxyl groups is 1. The van der Waals surface area contributed by atoms with E-state index in [0.29, 0.717) is 16.7 Å². The van der Waals surface area contributed by atoms with E-state index in [1.165, 1.54) is 6.92 Å². The van der Waals surface area contributed by atoms with Crippen LogP contribution in [0, 0.1) is 5.92 Å². The Labute approximate surface area is 567 Å². The molecule has 0 aromatic heterocycles. The van der Waals surface area contributed by atoms with Gasteiger partial charge >= 0.3 is 0 Å². The molecule has 0 bridgehead atoms.